The molecule has 0 aromatic heterocycles. The van der Waals surface area contributed by atoms with Crippen molar-refractivity contribution in [3.63, 3.8) is 0 Å². The van der Waals surface area contributed by atoms with Gasteiger partial charge in [-0.3, -0.25) is 0 Å². The molecular weight excluding hydrogens is 514 g/mol. The van der Waals surface area contributed by atoms with Crippen molar-refractivity contribution in [2.24, 2.45) is 0 Å². The Labute approximate surface area is 213 Å². The van der Waals surface area contributed by atoms with E-state index in [9.17, 15) is 4.79 Å². The van der Waals surface area contributed by atoms with E-state index in [1.54, 1.807) is 0 Å². The molecule has 0 aliphatic heterocycles. The van der Waals surface area contributed by atoms with E-state index in [-0.39, 0.29) is 0 Å². The second-order valence-corrected chi connectivity index (χ2v) is 11.5. The van der Waals surface area contributed by atoms with Gasteiger partial charge in [0, 0.05) is 3.92 Å². The van der Waals surface area contributed by atoms with Gasteiger partial charge in [-0.2, -0.15) is 0 Å². The lowest BCUT2D eigenvalue weighted by Gasteiger charge is -2.24. The Bertz CT molecular complexity index is 418. The third-order valence-corrected chi connectivity index (χ3v) is 7.75. The Hall–Kier alpha value is 0.130. The molecule has 0 aromatic rings. The first-order chi connectivity index (χ1) is 15.5. The molecule has 0 rings (SSSR count). The van der Waals surface area contributed by atoms with Crippen LogP contribution in [-0.2, 0) is 9.53 Å². The second kappa shape index (κ2) is 22.9. The van der Waals surface area contributed by atoms with E-state index in [1.165, 1.54) is 70.6 Å². The summed E-state index contributed by atoms with van der Waals surface area (Å²) in [4.78, 5) is 12.7. The monoisotopic (exact) mass is 568 g/mol. The molecule has 0 heterocycles. The van der Waals surface area contributed by atoms with Gasteiger partial charge in [0.05, 0.1) is 6.61 Å². The third kappa shape index (κ3) is 18.5. The first-order valence-electron chi connectivity index (χ1n) is 14.0. The molecule has 0 radical (unpaired) electrons. The lowest BCUT2D eigenvalue weighted by molar-refractivity contribution is -0.159. The van der Waals surface area contributed by atoms with Crippen LogP contribution < -0.4 is 0 Å². The first-order valence-corrected chi connectivity index (χ1v) is 15.2. The van der Waals surface area contributed by atoms with Crippen LogP contribution in [0.4, 0.5) is 4.39 Å². The minimum Gasteiger partial charge on any atom is -0.463 e. The molecular formula is C28H54FIO2. The van der Waals surface area contributed by atoms with Crippen molar-refractivity contribution in [2.75, 3.05) is 6.61 Å². The zero-order valence-corrected chi connectivity index (χ0v) is 23.9. The number of hydrogen-bond donors (Lipinski definition) is 0. The van der Waals surface area contributed by atoms with E-state index < -0.39 is 11.6 Å². The predicted octanol–water partition coefficient (Wildman–Crippen LogP) is 10.3. The number of rotatable bonds is 24. The molecule has 0 fully saturated rings. The van der Waals surface area contributed by atoms with Crippen molar-refractivity contribution in [2.45, 2.75) is 165 Å². The zero-order chi connectivity index (χ0) is 23.9. The highest BCUT2D eigenvalue weighted by atomic mass is 127. The van der Waals surface area contributed by atoms with E-state index >= 15 is 4.39 Å². The smallest absolute Gasteiger partial charge is 0.343 e. The summed E-state index contributed by atoms with van der Waals surface area (Å²) in [5.74, 6) is -0.595. The summed E-state index contributed by atoms with van der Waals surface area (Å²) in [6.45, 7) is 6.97. The Kier molecular flexibility index (Phi) is 23.0. The molecule has 4 heteroatoms. The highest BCUT2D eigenvalue weighted by molar-refractivity contribution is 14.1. The summed E-state index contributed by atoms with van der Waals surface area (Å²) in [5, 5.41) is 0. The van der Waals surface area contributed by atoms with Crippen LogP contribution >= 0.6 is 22.6 Å². The zero-order valence-electron chi connectivity index (χ0n) is 21.7. The fourth-order valence-corrected chi connectivity index (χ4v) is 4.92. The molecule has 0 amide bonds. The molecule has 0 N–H and O–H groups in total. The Morgan fingerprint density at radius 3 is 1.59 bits per heavy atom. The lowest BCUT2D eigenvalue weighted by atomic mass is 9.91. The highest BCUT2D eigenvalue weighted by Gasteiger charge is 2.39. The lowest BCUT2D eigenvalue weighted by Crippen LogP contribution is -2.36. The number of ether oxygens (including phenoxy) is 1. The molecule has 0 spiro atoms. The molecule has 2 nitrogen and oxygen atoms in total. The Morgan fingerprint density at radius 1 is 0.688 bits per heavy atom. The molecule has 0 bridgehead atoms. The molecule has 0 saturated carbocycles. The summed E-state index contributed by atoms with van der Waals surface area (Å²) in [7, 11) is 0. The maximum atomic E-state index is 15.6. The van der Waals surface area contributed by atoms with Gasteiger partial charge in [-0.05, 0) is 38.5 Å². The predicted molar refractivity (Wildman–Crippen MR) is 147 cm³/mol. The number of alkyl halides is 2. The average molecular weight is 569 g/mol. The van der Waals surface area contributed by atoms with Crippen molar-refractivity contribution in [1.29, 1.82) is 0 Å². The van der Waals surface area contributed by atoms with E-state index in [4.69, 9.17) is 4.74 Å². The summed E-state index contributed by atoms with van der Waals surface area (Å²) < 4.78 is 21.6. The van der Waals surface area contributed by atoms with Crippen LogP contribution in [0, 0.1) is 0 Å². The van der Waals surface area contributed by atoms with Gasteiger partial charge in [-0.15, -0.1) is 0 Å². The van der Waals surface area contributed by atoms with Crippen molar-refractivity contribution < 1.29 is 13.9 Å². The van der Waals surface area contributed by atoms with Gasteiger partial charge in [0.1, 0.15) is 0 Å². The van der Waals surface area contributed by atoms with Crippen LogP contribution in [0.5, 0.6) is 0 Å². The minimum absolute atomic E-state index is 0.326. The quantitative estimate of drug-likeness (QED) is 0.0501. The number of carbonyl (C=O) groups is 1. The molecule has 0 aromatic carbocycles. The summed E-state index contributed by atoms with van der Waals surface area (Å²) >= 11 is 2.47. The topological polar surface area (TPSA) is 26.3 Å². The van der Waals surface area contributed by atoms with Gasteiger partial charge in [-0.25, -0.2) is 9.18 Å². The van der Waals surface area contributed by atoms with Crippen LogP contribution in [0.3, 0.4) is 0 Å². The summed E-state index contributed by atoms with van der Waals surface area (Å²) in [6, 6.07) is 0. The van der Waals surface area contributed by atoms with Gasteiger partial charge >= 0.3 is 5.97 Å². The first kappa shape index (κ1) is 32.1. The van der Waals surface area contributed by atoms with Crippen molar-refractivity contribution in [3.05, 3.63) is 0 Å². The van der Waals surface area contributed by atoms with Gasteiger partial charge in [0.15, 0.2) is 0 Å². The fraction of sp³-hybridized carbons (Fsp3) is 0.964. The number of unbranched alkanes of at least 4 members (excludes halogenated alkanes) is 14. The van der Waals surface area contributed by atoms with Crippen LogP contribution in [0.2, 0.25) is 0 Å². The minimum atomic E-state index is -1.78. The van der Waals surface area contributed by atoms with Gasteiger partial charge in [0.2, 0.25) is 5.67 Å². The van der Waals surface area contributed by atoms with Crippen LogP contribution in [0.15, 0.2) is 0 Å². The molecule has 0 aliphatic rings. The maximum Gasteiger partial charge on any atom is 0.343 e. The van der Waals surface area contributed by atoms with Crippen LogP contribution in [-0.4, -0.2) is 22.2 Å². The second-order valence-electron chi connectivity index (χ2n) is 9.73. The molecule has 192 valence electrons. The Balaban J connectivity index is 4.21. The number of halogens is 2. The summed E-state index contributed by atoms with van der Waals surface area (Å²) in [5.41, 5.74) is -1.78. The standard InChI is InChI=1S/C28H54FIO2/c1-4-7-10-13-15-16-18-21-26(30)22-25-32-27(31)28(29,23-19-12-9-6-3)24-20-17-14-11-8-5-2/h26H,4-25H2,1-3H3. The molecule has 2 unspecified atom stereocenters. The van der Waals surface area contributed by atoms with E-state index in [1.807, 2.05) is 0 Å². The molecule has 2 atom stereocenters. The van der Waals surface area contributed by atoms with E-state index in [0.717, 1.165) is 51.4 Å². The summed E-state index contributed by atoms with van der Waals surface area (Å²) in [6.07, 6.45) is 22.5. The van der Waals surface area contributed by atoms with Crippen LogP contribution in [0.1, 0.15) is 156 Å². The number of carbonyl (C=O) groups excluding carboxylic acids is 1. The molecule has 0 aliphatic carbocycles. The third-order valence-electron chi connectivity index (χ3n) is 6.50. The SMILES string of the molecule is CCCCCCCCCC(I)CCOC(=O)C(F)(CCCCCC)CCCCCCCC. The van der Waals surface area contributed by atoms with E-state index in [2.05, 4.69) is 43.4 Å². The maximum absolute atomic E-state index is 15.6. The largest absolute Gasteiger partial charge is 0.463 e. The highest BCUT2D eigenvalue weighted by Crippen LogP contribution is 2.29. The van der Waals surface area contributed by atoms with Crippen molar-refractivity contribution in [3.8, 4) is 0 Å². The van der Waals surface area contributed by atoms with Crippen LogP contribution in [0.25, 0.3) is 0 Å². The molecule has 32 heavy (non-hydrogen) atoms. The van der Waals surface area contributed by atoms with Crippen molar-refractivity contribution in [1.82, 2.24) is 0 Å². The average Bonchev–Trinajstić information content (AvgIpc) is 2.78. The normalized spacial score (nSPS) is 14.3. The van der Waals surface area contributed by atoms with Gasteiger partial charge < -0.3 is 4.74 Å². The van der Waals surface area contributed by atoms with Gasteiger partial charge in [0.25, 0.3) is 0 Å². The fourth-order valence-electron chi connectivity index (χ4n) is 4.22. The number of esters is 1. The van der Waals surface area contributed by atoms with Crippen molar-refractivity contribution >= 4 is 28.6 Å². The van der Waals surface area contributed by atoms with E-state index in [0.29, 0.717) is 23.4 Å². The number of hydrogen-bond acceptors (Lipinski definition) is 2. The Morgan fingerprint density at radius 2 is 1.09 bits per heavy atom. The molecule has 0 saturated heterocycles. The van der Waals surface area contributed by atoms with Gasteiger partial charge in [-0.1, -0.05) is 140 Å².